The first-order valence-corrected chi connectivity index (χ1v) is 11.8. The van der Waals surface area contributed by atoms with Gasteiger partial charge in [-0.1, -0.05) is 41.4 Å². The van der Waals surface area contributed by atoms with Gasteiger partial charge in [-0.15, -0.1) is 11.6 Å². The molecule has 0 saturated carbocycles. The first-order chi connectivity index (χ1) is 15.4. The Morgan fingerprint density at radius 2 is 1.79 bits per heavy atom. The highest BCUT2D eigenvalue weighted by molar-refractivity contribution is 7.90. The lowest BCUT2D eigenvalue weighted by Gasteiger charge is -2.17. The molecule has 1 aromatic carbocycles. The molecule has 0 amide bonds. The van der Waals surface area contributed by atoms with Crippen LogP contribution in [-0.2, 0) is 16.2 Å². The average Bonchev–Trinajstić information content (AvgIpc) is 3.14. The molecular weight excluding hydrogens is 522 g/mol. The minimum atomic E-state index is -4.79. The van der Waals surface area contributed by atoms with E-state index in [-0.39, 0.29) is 37.1 Å². The molecular formula is C21H12Cl3F3N3O2S. The maximum Gasteiger partial charge on any atom is 0.433 e. The Labute approximate surface area is 201 Å². The second-order valence-corrected chi connectivity index (χ2v) is 10.0. The number of aryl methyl sites for hydroxylation is 1. The number of hydrogen-bond donors (Lipinski definition) is 0. The van der Waals surface area contributed by atoms with Crippen LogP contribution in [0.5, 0.6) is 0 Å². The standard InChI is InChI=1S/C21H12Cl3F3N3O2S/c1-11-7-17(21(25,26)27)29-20-13(11)8-16(19(24)18-14(22)9-28-10-15(18)23)30(20)33(31,32)12-5-3-2-4-6-12/h2-9,19H,1H3. The van der Waals surface area contributed by atoms with E-state index < -0.39 is 32.9 Å². The van der Waals surface area contributed by atoms with Gasteiger partial charge in [-0.05, 0) is 36.8 Å². The molecule has 4 aromatic rings. The highest BCUT2D eigenvalue weighted by Gasteiger charge is 2.36. The summed E-state index contributed by atoms with van der Waals surface area (Å²) in [5, 5.41) is -1.12. The number of alkyl halides is 4. The monoisotopic (exact) mass is 532 g/mol. The number of nitrogens with zero attached hydrogens (tertiary/aromatic N) is 3. The molecule has 5 nitrogen and oxygen atoms in total. The van der Waals surface area contributed by atoms with Crippen molar-refractivity contribution in [1.29, 1.82) is 0 Å². The fourth-order valence-corrected chi connectivity index (χ4v) is 5.99. The third-order valence-corrected chi connectivity index (χ3v) is 7.65. The average molecular weight is 534 g/mol. The maximum atomic E-state index is 13.6. The van der Waals surface area contributed by atoms with E-state index in [0.717, 1.165) is 6.07 Å². The van der Waals surface area contributed by atoms with Gasteiger partial charge in [-0.2, -0.15) is 13.2 Å². The third-order valence-electron chi connectivity index (χ3n) is 4.88. The molecule has 0 aliphatic heterocycles. The minimum absolute atomic E-state index is 0.0355. The third kappa shape index (κ3) is 4.19. The number of pyridine rings is 2. The molecule has 0 N–H and O–H groups in total. The zero-order valence-corrected chi connectivity index (χ0v) is 19.6. The molecule has 0 aliphatic carbocycles. The van der Waals surface area contributed by atoms with E-state index >= 15 is 0 Å². The van der Waals surface area contributed by atoms with Crippen LogP contribution in [0.4, 0.5) is 13.2 Å². The van der Waals surface area contributed by atoms with Crippen molar-refractivity contribution in [3.05, 3.63) is 87.4 Å². The van der Waals surface area contributed by atoms with Crippen molar-refractivity contribution in [1.82, 2.24) is 13.9 Å². The second kappa shape index (κ2) is 8.47. The van der Waals surface area contributed by atoms with Gasteiger partial charge >= 0.3 is 6.18 Å². The van der Waals surface area contributed by atoms with Crippen LogP contribution in [0.1, 0.15) is 27.9 Å². The Kier molecular flexibility index (Phi) is 6.11. The molecule has 1 radical (unpaired) electrons. The lowest BCUT2D eigenvalue weighted by Crippen LogP contribution is -2.18. The predicted octanol–water partition coefficient (Wildman–Crippen LogP) is 6.43. The summed E-state index contributed by atoms with van der Waals surface area (Å²) in [6.07, 6.45) is -1.09. The number of fused-ring (bicyclic) bond motifs is 1. The van der Waals surface area contributed by atoms with Gasteiger partial charge in [0.2, 0.25) is 0 Å². The van der Waals surface area contributed by atoms with Crippen molar-refractivity contribution < 1.29 is 21.6 Å². The smallest absolute Gasteiger partial charge is 0.251 e. The minimum Gasteiger partial charge on any atom is -0.251 e. The fourth-order valence-electron chi connectivity index (χ4n) is 3.36. The summed E-state index contributed by atoms with van der Waals surface area (Å²) in [5.74, 6) is 0. The summed E-state index contributed by atoms with van der Waals surface area (Å²) < 4.78 is 68.4. The van der Waals surface area contributed by atoms with E-state index in [4.69, 9.17) is 34.8 Å². The van der Waals surface area contributed by atoms with Crippen molar-refractivity contribution in [2.24, 2.45) is 0 Å². The van der Waals surface area contributed by atoms with Gasteiger partial charge in [-0.25, -0.2) is 17.4 Å². The van der Waals surface area contributed by atoms with E-state index in [0.29, 0.717) is 3.97 Å². The van der Waals surface area contributed by atoms with Crippen LogP contribution in [0.25, 0.3) is 11.0 Å². The molecule has 1 atom stereocenters. The molecule has 0 fully saturated rings. The summed E-state index contributed by atoms with van der Waals surface area (Å²) in [4.78, 5) is 7.22. The van der Waals surface area contributed by atoms with Crippen LogP contribution in [-0.4, -0.2) is 22.4 Å². The Morgan fingerprint density at radius 3 is 2.39 bits per heavy atom. The number of halogens is 6. The molecule has 1 unspecified atom stereocenters. The van der Waals surface area contributed by atoms with Crippen LogP contribution in [0, 0.1) is 13.1 Å². The van der Waals surface area contributed by atoms with Crippen LogP contribution in [0.3, 0.4) is 0 Å². The molecule has 0 spiro atoms. The zero-order chi connectivity index (χ0) is 24.1. The summed E-state index contributed by atoms with van der Waals surface area (Å²) >= 11 is 19.0. The van der Waals surface area contributed by atoms with Crippen LogP contribution < -0.4 is 0 Å². The zero-order valence-electron chi connectivity index (χ0n) is 16.5. The molecule has 171 valence electrons. The Hall–Kier alpha value is -2.33. The van der Waals surface area contributed by atoms with Gasteiger partial charge in [0.25, 0.3) is 10.0 Å². The van der Waals surface area contributed by atoms with E-state index in [1.807, 2.05) is 0 Å². The normalized spacial score (nSPS) is 13.4. The number of aromatic nitrogens is 3. The van der Waals surface area contributed by atoms with Crippen LogP contribution >= 0.6 is 34.8 Å². The first kappa shape index (κ1) is 23.8. The van der Waals surface area contributed by atoms with Crippen molar-refractivity contribution >= 4 is 55.9 Å². The van der Waals surface area contributed by atoms with Crippen molar-refractivity contribution in [3.8, 4) is 0 Å². The summed E-state index contributed by atoms with van der Waals surface area (Å²) in [6.45, 7) is 1.42. The van der Waals surface area contributed by atoms with Gasteiger partial charge in [0.15, 0.2) is 5.65 Å². The lowest BCUT2D eigenvalue weighted by atomic mass is 10.1. The molecule has 12 heteroatoms. The second-order valence-electron chi connectivity index (χ2n) is 7.02. The molecule has 0 saturated heterocycles. The van der Waals surface area contributed by atoms with E-state index in [9.17, 15) is 21.6 Å². The molecule has 0 aliphatic rings. The SMILES string of the molecule is Cc1cc(C(F)(F)F)nc2c1cc(C(Cl)c1c(Cl)[c]ncc1Cl)n2S(=O)(=O)c1ccccc1. The molecule has 33 heavy (non-hydrogen) atoms. The fraction of sp³-hybridized carbons (Fsp3) is 0.143. The van der Waals surface area contributed by atoms with Gasteiger partial charge in [0.1, 0.15) is 17.3 Å². The lowest BCUT2D eigenvalue weighted by molar-refractivity contribution is -0.141. The molecule has 4 rings (SSSR count). The van der Waals surface area contributed by atoms with Gasteiger partial charge in [0.05, 0.1) is 20.6 Å². The van der Waals surface area contributed by atoms with Crippen LogP contribution in [0.2, 0.25) is 10.0 Å². The Bertz CT molecular complexity index is 1450. The van der Waals surface area contributed by atoms with Gasteiger partial charge in [0, 0.05) is 17.1 Å². The highest BCUT2D eigenvalue weighted by atomic mass is 35.5. The quantitative estimate of drug-likeness (QED) is 0.284. The van der Waals surface area contributed by atoms with Crippen molar-refractivity contribution in [2.75, 3.05) is 0 Å². The summed E-state index contributed by atoms with van der Waals surface area (Å²) in [6, 6.07) is 9.42. The summed E-state index contributed by atoms with van der Waals surface area (Å²) in [7, 11) is -4.42. The molecule has 3 heterocycles. The predicted molar refractivity (Wildman–Crippen MR) is 119 cm³/mol. The topological polar surface area (TPSA) is 64.8 Å². The maximum absolute atomic E-state index is 13.6. The van der Waals surface area contributed by atoms with Crippen molar-refractivity contribution in [3.63, 3.8) is 0 Å². The van der Waals surface area contributed by atoms with Crippen molar-refractivity contribution in [2.45, 2.75) is 23.4 Å². The number of hydrogen-bond acceptors (Lipinski definition) is 4. The largest absolute Gasteiger partial charge is 0.433 e. The first-order valence-electron chi connectivity index (χ1n) is 9.19. The number of benzene rings is 1. The summed E-state index contributed by atoms with van der Waals surface area (Å²) in [5.41, 5.74) is -1.47. The Balaban J connectivity index is 2.11. The number of rotatable bonds is 4. The molecule has 3 aromatic heterocycles. The Morgan fingerprint density at radius 1 is 1.12 bits per heavy atom. The van der Waals surface area contributed by atoms with E-state index in [2.05, 4.69) is 16.2 Å². The van der Waals surface area contributed by atoms with E-state index in [1.165, 1.54) is 43.5 Å². The van der Waals surface area contributed by atoms with Gasteiger partial charge < -0.3 is 0 Å². The van der Waals surface area contributed by atoms with Crippen LogP contribution in [0.15, 0.2) is 53.6 Å². The highest BCUT2D eigenvalue weighted by Crippen LogP contribution is 2.42. The molecule has 0 bridgehead atoms. The van der Waals surface area contributed by atoms with Gasteiger partial charge in [-0.3, -0.25) is 4.98 Å². The van der Waals surface area contributed by atoms with E-state index in [1.54, 1.807) is 6.07 Å².